The van der Waals surface area contributed by atoms with E-state index in [0.717, 1.165) is 165 Å². The van der Waals surface area contributed by atoms with E-state index in [0.29, 0.717) is 193 Å². The molecule has 138 heavy (non-hydrogen) atoms. The zero-order chi connectivity index (χ0) is 96.1. The molecular formula is C116H162N6O16. The first-order valence-corrected chi connectivity index (χ1v) is 53.2. The lowest BCUT2D eigenvalue weighted by Gasteiger charge is -2.58. The average Bonchev–Trinajstić information content (AvgIpc) is 1.50. The summed E-state index contributed by atoms with van der Waals surface area (Å²) in [6, 6.07) is 41.4. The lowest BCUT2D eigenvalue weighted by molar-refractivity contribution is -0.0594. The van der Waals surface area contributed by atoms with E-state index in [9.17, 15) is 9.59 Å². The van der Waals surface area contributed by atoms with Gasteiger partial charge >= 0.3 is 11.9 Å². The fourth-order valence-corrected chi connectivity index (χ4v) is 25.7. The van der Waals surface area contributed by atoms with Crippen LogP contribution in [0.3, 0.4) is 0 Å². The highest BCUT2D eigenvalue weighted by atomic mass is 16.6. The maximum atomic E-state index is 13.6. The van der Waals surface area contributed by atoms with Crippen LogP contribution in [0.2, 0.25) is 0 Å². The molecule has 0 spiro atoms. The summed E-state index contributed by atoms with van der Waals surface area (Å²) in [5.74, 6) is 13.0. The third-order valence-electron chi connectivity index (χ3n) is 33.2. The van der Waals surface area contributed by atoms with Gasteiger partial charge in [-0.1, -0.05) is 137 Å². The van der Waals surface area contributed by atoms with Crippen LogP contribution in [0.15, 0.2) is 177 Å². The van der Waals surface area contributed by atoms with Crippen LogP contribution in [0.1, 0.15) is 257 Å². The van der Waals surface area contributed by atoms with Crippen LogP contribution in [0.25, 0.3) is 0 Å². The maximum absolute atomic E-state index is 13.6. The number of hydrogen-bond acceptors (Lipinski definition) is 22. The molecule has 752 valence electrons. The molecular weight excluding hydrogens is 1730 g/mol. The molecule has 22 heteroatoms. The lowest BCUT2D eigenvalue weighted by Crippen LogP contribution is -2.51. The van der Waals surface area contributed by atoms with Crippen molar-refractivity contribution < 1.29 is 75.9 Å². The molecule has 6 aromatic carbocycles. The number of fused-ring (bicyclic) bond motifs is 12. The van der Waals surface area contributed by atoms with Crippen LogP contribution in [0.4, 0.5) is 34.1 Å². The second-order valence-electron chi connectivity index (χ2n) is 42.9. The predicted octanol–water partition coefficient (Wildman–Crippen LogP) is 27.5. The van der Waals surface area contributed by atoms with Gasteiger partial charge in [-0.05, 0) is 330 Å². The normalized spacial score (nSPS) is 28.0. The molecule has 1 aliphatic heterocycles. The van der Waals surface area contributed by atoms with Gasteiger partial charge in [0.25, 0.3) is 0 Å². The molecule has 15 rings (SSSR count). The number of unbranched alkanes of at least 4 members (excludes halogenated alkanes) is 2. The Kier molecular flexibility index (Phi) is 38.4. The fourth-order valence-electron chi connectivity index (χ4n) is 25.7. The molecule has 6 saturated carbocycles. The molecule has 0 saturated heterocycles. The molecule has 0 radical (unpaired) electrons. The average molecular weight is 1900 g/mol. The Balaban J connectivity index is 0.423. The molecule has 0 bridgehead atoms. The molecule has 6 fully saturated rings. The number of rotatable bonds is 32. The van der Waals surface area contributed by atoms with E-state index >= 15 is 0 Å². The van der Waals surface area contributed by atoms with Gasteiger partial charge in [-0.25, -0.2) is 9.59 Å². The van der Waals surface area contributed by atoms with Crippen LogP contribution in [0, 0.1) is 92.7 Å². The van der Waals surface area contributed by atoms with Crippen LogP contribution in [-0.4, -0.2) is 156 Å². The van der Waals surface area contributed by atoms with E-state index in [1.807, 2.05) is 109 Å². The first-order chi connectivity index (χ1) is 67.2. The van der Waals surface area contributed by atoms with Gasteiger partial charge in [-0.3, -0.25) is 0 Å². The standard InChI is InChI=1S/C116H162N6O16/c1-81(2)18-15-20-83(5)100-45-47-102-98-43-28-87-78-96(50-54-113(87,7)104(98)52-56-115(100,102)9)137-111(123)85-24-30-89(31-25-85)119-121-91-34-39-94(40-35-91)131-60-13-11-58-117-93-38-49-107-109(80-93)135-76-72-129-68-64-126-65-69-130-73-77-136-110-106(22-17-23-108(110)134-75-71-128-67-63-125-62-66-127-70-74-133-107)118-59-12-14-61-132-95-41-36-92(37-42-95)122-120-90-32-26-86(27-33-90)112(124)138-97-51-55-114(8)88(79-97)29-44-99-103-48-46-101(84(6)21-16-19-82(3)4)116(103,10)57-53-105(99)114/h17,22-42,49,80-84,96-105,117-118H,11-16,18-21,43-48,50-79H2,1-10H3/t83-,84-,96+,97+,98+,99+,100-,101-,102+,103+,104+,105+,113+,114+,115-,116-/m1/s1. The van der Waals surface area contributed by atoms with E-state index in [2.05, 4.69) is 112 Å². The number of esters is 2. The first kappa shape index (κ1) is 103. The van der Waals surface area contributed by atoms with E-state index < -0.39 is 0 Å². The van der Waals surface area contributed by atoms with Gasteiger partial charge in [0.1, 0.15) is 50.1 Å². The zero-order valence-electron chi connectivity index (χ0n) is 84.8. The number of carbonyl (C=O) groups is 2. The second-order valence-corrected chi connectivity index (χ2v) is 42.9. The predicted molar refractivity (Wildman–Crippen MR) is 545 cm³/mol. The Morgan fingerprint density at radius 3 is 1.22 bits per heavy atom. The number of nitrogens with zero attached hydrogens (tertiary/aromatic N) is 4. The Labute approximate surface area is 823 Å². The van der Waals surface area contributed by atoms with Gasteiger partial charge < -0.3 is 76.9 Å². The zero-order valence-corrected chi connectivity index (χ0v) is 84.8. The molecule has 0 aromatic heterocycles. The molecule has 9 aliphatic rings. The van der Waals surface area contributed by atoms with Crippen LogP contribution in [0.5, 0.6) is 34.5 Å². The van der Waals surface area contributed by atoms with E-state index in [4.69, 9.17) is 66.3 Å². The highest BCUT2D eigenvalue weighted by Gasteiger charge is 2.61. The summed E-state index contributed by atoms with van der Waals surface area (Å²) in [4.78, 5) is 27.2. The molecule has 0 unspecified atom stereocenters. The second kappa shape index (κ2) is 51.2. The molecule has 22 nitrogen and oxygen atoms in total. The number of nitrogens with one attached hydrogen (secondary N) is 2. The Morgan fingerprint density at radius 1 is 0.384 bits per heavy atom. The van der Waals surface area contributed by atoms with Gasteiger partial charge in [-0.2, -0.15) is 20.5 Å². The van der Waals surface area contributed by atoms with Gasteiger partial charge in [0, 0.05) is 37.7 Å². The van der Waals surface area contributed by atoms with Crippen molar-refractivity contribution >= 4 is 46.1 Å². The number of carbonyl (C=O) groups excluding carboxylic acids is 2. The fraction of sp³-hybridized carbons (Fsp3) is 0.638. The summed E-state index contributed by atoms with van der Waals surface area (Å²) in [6.45, 7) is 33.4. The molecule has 2 N–H and O–H groups in total. The number of allylic oxidation sites excluding steroid dienone is 2. The molecule has 0 amide bonds. The third-order valence-corrected chi connectivity index (χ3v) is 33.2. The van der Waals surface area contributed by atoms with Crippen LogP contribution < -0.4 is 39.1 Å². The van der Waals surface area contributed by atoms with Crippen LogP contribution in [-0.2, 0) is 37.9 Å². The van der Waals surface area contributed by atoms with E-state index in [1.165, 1.54) is 114 Å². The molecule has 1 heterocycles. The Hall–Kier alpha value is -8.90. The summed E-state index contributed by atoms with van der Waals surface area (Å²) in [5.41, 5.74) is 9.92. The Bertz CT molecular complexity index is 4890. The molecule has 8 aliphatic carbocycles. The summed E-state index contributed by atoms with van der Waals surface area (Å²) >= 11 is 0. The van der Waals surface area contributed by atoms with Crippen LogP contribution >= 0.6 is 0 Å². The van der Waals surface area contributed by atoms with E-state index in [-0.39, 0.29) is 35.0 Å². The number of azo groups is 2. The van der Waals surface area contributed by atoms with Gasteiger partial charge in [0.05, 0.1) is 132 Å². The Morgan fingerprint density at radius 2 is 0.783 bits per heavy atom. The minimum atomic E-state index is -0.272. The minimum absolute atomic E-state index is 0.0991. The van der Waals surface area contributed by atoms with Crippen molar-refractivity contribution in [1.82, 2.24) is 0 Å². The topological polar surface area (TPSA) is 237 Å². The van der Waals surface area contributed by atoms with Crippen molar-refractivity contribution in [3.63, 3.8) is 0 Å². The van der Waals surface area contributed by atoms with E-state index in [1.54, 1.807) is 24.3 Å². The first-order valence-electron chi connectivity index (χ1n) is 53.2. The monoisotopic (exact) mass is 1900 g/mol. The number of para-hydroxylation sites is 1. The summed E-state index contributed by atoms with van der Waals surface area (Å²) in [5, 5.41) is 25.0. The summed E-state index contributed by atoms with van der Waals surface area (Å²) < 4.78 is 85.1. The van der Waals surface area contributed by atoms with Crippen molar-refractivity contribution in [2.24, 2.45) is 113 Å². The summed E-state index contributed by atoms with van der Waals surface area (Å²) in [6.07, 6.45) is 35.7. The highest BCUT2D eigenvalue weighted by molar-refractivity contribution is 5.90. The summed E-state index contributed by atoms with van der Waals surface area (Å²) in [7, 11) is 0. The number of hydrogen-bond donors (Lipinski definition) is 2. The maximum Gasteiger partial charge on any atom is 0.338 e. The molecule has 6 aromatic rings. The highest BCUT2D eigenvalue weighted by Crippen LogP contribution is 2.70. The van der Waals surface area contributed by atoms with Crippen molar-refractivity contribution in [3.8, 4) is 34.5 Å². The van der Waals surface area contributed by atoms with Gasteiger partial charge in [-0.15, -0.1) is 0 Å². The smallest absolute Gasteiger partial charge is 0.338 e. The lowest BCUT2D eigenvalue weighted by atomic mass is 9.47. The van der Waals surface area contributed by atoms with Crippen molar-refractivity contribution in [3.05, 3.63) is 168 Å². The quantitative estimate of drug-likeness (QED) is 0.0173. The minimum Gasteiger partial charge on any atom is -0.494 e. The van der Waals surface area contributed by atoms with Crippen molar-refractivity contribution in [2.45, 2.75) is 248 Å². The number of ether oxygens (including phenoxy) is 14. The number of benzene rings is 6. The van der Waals surface area contributed by atoms with Crippen molar-refractivity contribution in [2.75, 3.05) is 143 Å². The van der Waals surface area contributed by atoms with Gasteiger partial charge in [0.2, 0.25) is 0 Å². The van der Waals surface area contributed by atoms with Gasteiger partial charge in [0.15, 0.2) is 23.0 Å². The largest absolute Gasteiger partial charge is 0.494 e. The third kappa shape index (κ3) is 27.7. The number of anilines is 2. The van der Waals surface area contributed by atoms with Crippen molar-refractivity contribution in [1.29, 1.82) is 0 Å². The molecule has 16 atom stereocenters. The SMILES string of the molecule is CC(C)CCC[C@@H](C)[C@H]1CC[C@H]2[C@@H]3CC=C4C[C@@H](OC(=O)c5ccc(N=Nc6ccc(OCCCCNc7ccc8c(c7)OCCOCCOCCOCCOc7c(NCCCCOc9ccc(N=Nc%10ccc(C(=O)O[C@H]%11CC[C@@]%12(C)C(=CC[C@H]%13[C@@H]%14CC[C@H]([C@H](C)CCCC(C)C)[C@@]%14(C)CC[C@@H]%13%12)C%11)cc%10)cc9)cccc7OCCOCCOCCOCCO8)cc6)cc5)CC[C@]4(C)[C@H]3CC[C@]12C.